The second-order valence-corrected chi connectivity index (χ2v) is 6.27. The van der Waals surface area contributed by atoms with Crippen molar-refractivity contribution in [1.82, 2.24) is 9.80 Å². The molecule has 5 heteroatoms. The number of carbonyl (C=O) groups excluding carboxylic acids is 2. The Morgan fingerprint density at radius 3 is 2.59 bits per heavy atom. The summed E-state index contributed by atoms with van der Waals surface area (Å²) in [5.41, 5.74) is 1.58. The summed E-state index contributed by atoms with van der Waals surface area (Å²) in [4.78, 5) is 28.1. The lowest BCUT2D eigenvalue weighted by atomic mass is 9.96. The molecule has 0 radical (unpaired) electrons. The van der Waals surface area contributed by atoms with Gasteiger partial charge in [0, 0.05) is 26.6 Å². The predicted molar refractivity (Wildman–Crippen MR) is 82.2 cm³/mol. The topological polar surface area (TPSA) is 49.9 Å². The van der Waals surface area contributed by atoms with E-state index in [2.05, 4.69) is 12.1 Å². The van der Waals surface area contributed by atoms with Gasteiger partial charge in [0.15, 0.2) is 5.60 Å². The van der Waals surface area contributed by atoms with Crippen LogP contribution in [0, 0.1) is 0 Å². The van der Waals surface area contributed by atoms with Crippen LogP contribution in [0.25, 0.3) is 0 Å². The van der Waals surface area contributed by atoms with Crippen LogP contribution in [0.15, 0.2) is 24.3 Å². The molecule has 3 rings (SSSR count). The highest BCUT2D eigenvalue weighted by Gasteiger charge is 2.43. The summed E-state index contributed by atoms with van der Waals surface area (Å²) >= 11 is 0. The molecule has 0 saturated carbocycles. The van der Waals surface area contributed by atoms with Crippen molar-refractivity contribution in [2.24, 2.45) is 0 Å². The van der Waals surface area contributed by atoms with Gasteiger partial charge in [0.2, 0.25) is 5.91 Å². The van der Waals surface area contributed by atoms with Crippen molar-refractivity contribution in [2.45, 2.75) is 32.4 Å². The highest BCUT2D eigenvalue weighted by Crippen LogP contribution is 2.25. The molecule has 0 spiro atoms. The summed E-state index contributed by atoms with van der Waals surface area (Å²) in [6.07, 6.45) is 0.869. The number of nitrogens with zero attached hydrogens (tertiary/aromatic N) is 2. The van der Waals surface area contributed by atoms with Crippen molar-refractivity contribution >= 4 is 11.8 Å². The van der Waals surface area contributed by atoms with Gasteiger partial charge in [-0.25, -0.2) is 0 Å². The van der Waals surface area contributed by atoms with E-state index in [4.69, 9.17) is 4.74 Å². The maximum absolute atomic E-state index is 12.9. The van der Waals surface area contributed by atoms with Crippen LogP contribution in [0.4, 0.5) is 0 Å². The molecule has 1 aromatic rings. The Labute approximate surface area is 130 Å². The minimum Gasteiger partial charge on any atom is -0.362 e. The van der Waals surface area contributed by atoms with Gasteiger partial charge in [-0.2, -0.15) is 0 Å². The standard InChI is InChI=1S/C17H22N2O3/c1-13(20)19-9-10-22-17(2,12-19)16(21)18-8-7-14-5-3-4-6-15(14)11-18/h3-6H,7-12H2,1-2H3/t17-/m0/s1. The molecule has 2 aliphatic rings. The Morgan fingerprint density at radius 1 is 1.14 bits per heavy atom. The fraction of sp³-hybridized carbons (Fsp3) is 0.529. The van der Waals surface area contributed by atoms with Gasteiger partial charge in [-0.15, -0.1) is 0 Å². The number of hydrogen-bond acceptors (Lipinski definition) is 3. The highest BCUT2D eigenvalue weighted by molar-refractivity contribution is 5.86. The summed E-state index contributed by atoms with van der Waals surface area (Å²) in [7, 11) is 0. The maximum atomic E-state index is 12.9. The molecule has 0 aromatic heterocycles. The third-order valence-electron chi connectivity index (χ3n) is 4.59. The van der Waals surface area contributed by atoms with Crippen molar-refractivity contribution in [3.05, 3.63) is 35.4 Å². The Hall–Kier alpha value is -1.88. The first kappa shape index (κ1) is 15.0. The average Bonchev–Trinajstić information content (AvgIpc) is 2.53. The molecule has 0 aliphatic carbocycles. The zero-order chi connectivity index (χ0) is 15.7. The fourth-order valence-corrected chi connectivity index (χ4v) is 3.27. The Balaban J connectivity index is 1.75. The molecule has 0 unspecified atom stereocenters. The van der Waals surface area contributed by atoms with Crippen LogP contribution in [-0.4, -0.2) is 53.5 Å². The van der Waals surface area contributed by atoms with E-state index in [-0.39, 0.29) is 11.8 Å². The highest BCUT2D eigenvalue weighted by atomic mass is 16.5. The molecule has 22 heavy (non-hydrogen) atoms. The van der Waals surface area contributed by atoms with Crippen LogP contribution in [0.1, 0.15) is 25.0 Å². The first-order chi connectivity index (χ1) is 10.5. The van der Waals surface area contributed by atoms with Crippen LogP contribution in [0.5, 0.6) is 0 Å². The van der Waals surface area contributed by atoms with Crippen LogP contribution >= 0.6 is 0 Å². The van der Waals surface area contributed by atoms with E-state index in [1.807, 2.05) is 17.0 Å². The molecule has 118 valence electrons. The lowest BCUT2D eigenvalue weighted by Crippen LogP contribution is -2.60. The number of ether oxygens (including phenoxy) is 1. The summed E-state index contributed by atoms with van der Waals surface area (Å²) in [6, 6.07) is 8.23. The molecule has 0 bridgehead atoms. The van der Waals surface area contributed by atoms with Crippen molar-refractivity contribution in [1.29, 1.82) is 0 Å². The third kappa shape index (κ3) is 2.73. The van der Waals surface area contributed by atoms with Crippen LogP contribution in [0.3, 0.4) is 0 Å². The van der Waals surface area contributed by atoms with E-state index in [9.17, 15) is 9.59 Å². The quantitative estimate of drug-likeness (QED) is 0.783. The molecule has 1 atom stereocenters. The molecule has 1 fully saturated rings. The Bertz CT molecular complexity index is 601. The minimum absolute atomic E-state index is 0.00804. The molecule has 2 aliphatic heterocycles. The molecule has 1 aromatic carbocycles. The van der Waals surface area contributed by atoms with Crippen LogP contribution < -0.4 is 0 Å². The summed E-state index contributed by atoms with van der Waals surface area (Å²) in [5.74, 6) is -0.0285. The number of rotatable bonds is 1. The molecule has 1 saturated heterocycles. The molecule has 5 nitrogen and oxygen atoms in total. The number of hydrogen-bond donors (Lipinski definition) is 0. The van der Waals surface area contributed by atoms with E-state index in [0.29, 0.717) is 32.8 Å². The Morgan fingerprint density at radius 2 is 1.86 bits per heavy atom. The SMILES string of the molecule is CC(=O)N1CCO[C@](C)(C(=O)N2CCc3ccccc3C2)C1. The lowest BCUT2D eigenvalue weighted by molar-refractivity contribution is -0.171. The van der Waals surface area contributed by atoms with Gasteiger partial charge < -0.3 is 14.5 Å². The van der Waals surface area contributed by atoms with E-state index in [0.717, 1.165) is 6.42 Å². The zero-order valence-corrected chi connectivity index (χ0v) is 13.2. The van der Waals surface area contributed by atoms with Gasteiger partial charge in [0.05, 0.1) is 13.2 Å². The largest absolute Gasteiger partial charge is 0.362 e. The van der Waals surface area contributed by atoms with Crippen LogP contribution in [0.2, 0.25) is 0 Å². The second-order valence-electron chi connectivity index (χ2n) is 6.27. The number of morpholine rings is 1. The van der Waals surface area contributed by atoms with Gasteiger partial charge >= 0.3 is 0 Å². The average molecular weight is 302 g/mol. The van der Waals surface area contributed by atoms with E-state index >= 15 is 0 Å². The number of carbonyl (C=O) groups is 2. The first-order valence-corrected chi connectivity index (χ1v) is 7.75. The zero-order valence-electron chi connectivity index (χ0n) is 13.2. The maximum Gasteiger partial charge on any atom is 0.256 e. The van der Waals surface area contributed by atoms with Crippen molar-refractivity contribution in [2.75, 3.05) is 26.2 Å². The molecular weight excluding hydrogens is 280 g/mol. The predicted octanol–water partition coefficient (Wildman–Crippen LogP) is 1.21. The van der Waals surface area contributed by atoms with E-state index < -0.39 is 5.60 Å². The first-order valence-electron chi connectivity index (χ1n) is 7.75. The van der Waals surface area contributed by atoms with E-state index in [1.165, 1.54) is 18.1 Å². The van der Waals surface area contributed by atoms with Gasteiger partial charge in [0.25, 0.3) is 5.91 Å². The fourth-order valence-electron chi connectivity index (χ4n) is 3.27. The summed E-state index contributed by atoms with van der Waals surface area (Å²) in [6.45, 7) is 5.95. The normalized spacial score (nSPS) is 24.8. The smallest absolute Gasteiger partial charge is 0.256 e. The molecule has 2 heterocycles. The third-order valence-corrected chi connectivity index (χ3v) is 4.59. The van der Waals surface area contributed by atoms with Gasteiger partial charge in [0.1, 0.15) is 0 Å². The lowest BCUT2D eigenvalue weighted by Gasteiger charge is -2.42. The van der Waals surface area contributed by atoms with Crippen molar-refractivity contribution in [3.63, 3.8) is 0 Å². The van der Waals surface area contributed by atoms with Crippen LogP contribution in [-0.2, 0) is 27.3 Å². The van der Waals surface area contributed by atoms with Gasteiger partial charge in [-0.1, -0.05) is 24.3 Å². The number of amides is 2. The van der Waals surface area contributed by atoms with Crippen molar-refractivity contribution < 1.29 is 14.3 Å². The minimum atomic E-state index is -0.934. The second kappa shape index (κ2) is 5.72. The van der Waals surface area contributed by atoms with Gasteiger partial charge in [-0.3, -0.25) is 9.59 Å². The number of benzene rings is 1. The molecule has 0 N–H and O–H groups in total. The molecule has 2 amide bonds. The van der Waals surface area contributed by atoms with Crippen molar-refractivity contribution in [3.8, 4) is 0 Å². The monoisotopic (exact) mass is 302 g/mol. The Kier molecular flexibility index (Phi) is 3.91. The summed E-state index contributed by atoms with van der Waals surface area (Å²) in [5, 5.41) is 0. The molecular formula is C17H22N2O3. The van der Waals surface area contributed by atoms with Gasteiger partial charge in [-0.05, 0) is 24.5 Å². The number of fused-ring (bicyclic) bond motifs is 1. The van der Waals surface area contributed by atoms with E-state index in [1.54, 1.807) is 11.8 Å². The summed E-state index contributed by atoms with van der Waals surface area (Å²) < 4.78 is 5.76.